The van der Waals surface area contributed by atoms with Crippen molar-refractivity contribution in [1.82, 2.24) is 10.2 Å². The molecular formula is C13H14N4O6. The molecule has 2 rings (SSSR count). The van der Waals surface area contributed by atoms with E-state index in [9.17, 15) is 19.7 Å². The molecule has 10 heteroatoms. The average molecular weight is 322 g/mol. The molecule has 0 amide bonds. The van der Waals surface area contributed by atoms with Gasteiger partial charge in [-0.05, 0) is 12.8 Å². The average Bonchev–Trinajstić information content (AvgIpc) is 3.02. The van der Waals surface area contributed by atoms with Crippen LogP contribution < -0.4 is 0 Å². The first-order valence-electron chi connectivity index (χ1n) is 6.82. The van der Waals surface area contributed by atoms with E-state index in [0.29, 0.717) is 12.8 Å². The predicted octanol–water partition coefficient (Wildman–Crippen LogP) is 0.930. The van der Waals surface area contributed by atoms with Crippen LogP contribution in [0.3, 0.4) is 0 Å². The zero-order valence-corrected chi connectivity index (χ0v) is 12.4. The summed E-state index contributed by atoms with van der Waals surface area (Å²) in [6, 6.07) is 1.64. The van der Waals surface area contributed by atoms with E-state index in [1.807, 2.05) is 0 Å². The molecule has 0 bridgehead atoms. The second kappa shape index (κ2) is 6.43. The zero-order valence-electron chi connectivity index (χ0n) is 12.4. The van der Waals surface area contributed by atoms with E-state index in [4.69, 9.17) is 14.7 Å². The molecule has 0 saturated heterocycles. The van der Waals surface area contributed by atoms with Crippen molar-refractivity contribution in [2.75, 3.05) is 0 Å². The third kappa shape index (κ3) is 3.28. The number of aromatic nitrogens is 2. The van der Waals surface area contributed by atoms with Crippen LogP contribution in [0.1, 0.15) is 44.0 Å². The molecule has 1 aromatic rings. The molecule has 0 unspecified atom stereocenters. The van der Waals surface area contributed by atoms with Crippen molar-refractivity contribution < 1.29 is 24.0 Å². The van der Waals surface area contributed by atoms with Crippen molar-refractivity contribution in [3.05, 3.63) is 21.5 Å². The van der Waals surface area contributed by atoms with E-state index < -0.39 is 40.7 Å². The Balaban J connectivity index is 2.39. The van der Waals surface area contributed by atoms with Crippen LogP contribution in [0.25, 0.3) is 0 Å². The van der Waals surface area contributed by atoms with Gasteiger partial charge in [0.2, 0.25) is 5.69 Å². The lowest BCUT2D eigenvalue weighted by Gasteiger charge is -2.23. The number of nitriles is 1. The van der Waals surface area contributed by atoms with Gasteiger partial charge >= 0.3 is 17.6 Å². The maximum Gasteiger partial charge on any atom is 0.328 e. The number of carbonyl (C=O) groups is 2. The second-order valence-electron chi connectivity index (χ2n) is 5.11. The number of hydrogen-bond acceptors (Lipinski definition) is 8. The molecule has 1 N–H and O–H groups in total. The summed E-state index contributed by atoms with van der Waals surface area (Å²) in [6.07, 6.45) is -0.818. The van der Waals surface area contributed by atoms with Crippen LogP contribution >= 0.6 is 0 Å². The largest absolute Gasteiger partial charge is 0.459 e. The molecule has 1 aliphatic rings. The van der Waals surface area contributed by atoms with Gasteiger partial charge in [0.1, 0.15) is 24.0 Å². The van der Waals surface area contributed by atoms with Gasteiger partial charge in [-0.1, -0.05) is 0 Å². The fraction of sp³-hybridized carbons (Fsp3) is 0.538. The van der Waals surface area contributed by atoms with Gasteiger partial charge in [-0.2, -0.15) is 10.4 Å². The minimum Gasteiger partial charge on any atom is -0.459 e. The van der Waals surface area contributed by atoms with Gasteiger partial charge in [-0.3, -0.25) is 24.8 Å². The Morgan fingerprint density at radius 3 is 2.52 bits per heavy atom. The lowest BCUT2D eigenvalue weighted by molar-refractivity contribution is -0.386. The first-order chi connectivity index (χ1) is 10.8. The molecule has 122 valence electrons. The number of nitro groups is 1. The highest BCUT2D eigenvalue weighted by Crippen LogP contribution is 2.41. The quantitative estimate of drug-likeness (QED) is 0.489. The van der Waals surface area contributed by atoms with Crippen LogP contribution in [0.15, 0.2) is 0 Å². The number of nitrogens with zero attached hydrogens (tertiary/aromatic N) is 3. The lowest BCUT2D eigenvalue weighted by atomic mass is 9.99. The van der Waals surface area contributed by atoms with E-state index >= 15 is 0 Å². The Morgan fingerprint density at radius 1 is 1.35 bits per heavy atom. The number of rotatable bonds is 4. The van der Waals surface area contributed by atoms with Crippen LogP contribution in [0.4, 0.5) is 5.69 Å². The molecule has 10 nitrogen and oxygen atoms in total. The van der Waals surface area contributed by atoms with E-state index in [0.717, 1.165) is 0 Å². The minimum atomic E-state index is -0.873. The van der Waals surface area contributed by atoms with Gasteiger partial charge in [-0.25, -0.2) is 0 Å². The molecule has 1 heterocycles. The number of ether oxygens (including phenoxy) is 2. The molecule has 0 spiro atoms. The summed E-state index contributed by atoms with van der Waals surface area (Å²) in [5.74, 6) is -1.75. The Bertz CT molecular complexity index is 691. The molecule has 3 atom stereocenters. The zero-order chi connectivity index (χ0) is 17.1. The van der Waals surface area contributed by atoms with Gasteiger partial charge in [-0.15, -0.1) is 0 Å². The first-order valence-corrected chi connectivity index (χ1v) is 6.82. The molecule has 0 aliphatic heterocycles. The van der Waals surface area contributed by atoms with Gasteiger partial charge in [0.15, 0.2) is 0 Å². The van der Waals surface area contributed by atoms with Gasteiger partial charge in [0.25, 0.3) is 0 Å². The topological polar surface area (TPSA) is 148 Å². The summed E-state index contributed by atoms with van der Waals surface area (Å²) in [4.78, 5) is 33.0. The third-order valence-corrected chi connectivity index (χ3v) is 3.57. The van der Waals surface area contributed by atoms with Gasteiger partial charge < -0.3 is 9.47 Å². The standard InChI is InChI=1S/C13H14N4O6/c1-6(18)22-10-4-3-8(13(10)23-7(2)19)11-12(17(20)21)9(5-14)15-16-11/h8,10,13H,3-4H2,1-2H3,(H,15,16)/t8-,10+,13-/m1/s1. The Hall–Kier alpha value is -2.96. The van der Waals surface area contributed by atoms with E-state index in [1.54, 1.807) is 6.07 Å². The highest BCUT2D eigenvalue weighted by Gasteiger charge is 2.46. The van der Waals surface area contributed by atoms with E-state index in [2.05, 4.69) is 10.2 Å². The van der Waals surface area contributed by atoms with Crippen molar-refractivity contribution in [2.24, 2.45) is 0 Å². The van der Waals surface area contributed by atoms with Crippen molar-refractivity contribution in [2.45, 2.75) is 44.8 Å². The summed E-state index contributed by atoms with van der Waals surface area (Å²) in [6.45, 7) is 2.42. The number of nitrogens with one attached hydrogen (secondary N) is 1. The van der Waals surface area contributed by atoms with Crippen molar-refractivity contribution in [3.63, 3.8) is 0 Å². The van der Waals surface area contributed by atoms with Crippen LogP contribution in [0, 0.1) is 21.4 Å². The number of H-pyrrole nitrogens is 1. The van der Waals surface area contributed by atoms with Gasteiger partial charge in [0.05, 0.1) is 4.92 Å². The molecule has 1 aliphatic carbocycles. The predicted molar refractivity (Wildman–Crippen MR) is 73.0 cm³/mol. The smallest absolute Gasteiger partial charge is 0.328 e. The molecule has 1 aromatic heterocycles. The summed E-state index contributed by atoms with van der Waals surface area (Å²) in [7, 11) is 0. The molecular weight excluding hydrogens is 308 g/mol. The third-order valence-electron chi connectivity index (χ3n) is 3.57. The summed E-state index contributed by atoms with van der Waals surface area (Å²) in [5, 5.41) is 26.2. The van der Waals surface area contributed by atoms with E-state index in [-0.39, 0.29) is 11.4 Å². The van der Waals surface area contributed by atoms with Gasteiger partial charge in [0, 0.05) is 19.8 Å². The molecule has 0 radical (unpaired) electrons. The lowest BCUT2D eigenvalue weighted by Crippen LogP contribution is -2.33. The van der Waals surface area contributed by atoms with Crippen molar-refractivity contribution >= 4 is 17.6 Å². The van der Waals surface area contributed by atoms with Crippen LogP contribution in [-0.2, 0) is 19.1 Å². The molecule has 0 aromatic carbocycles. The van der Waals surface area contributed by atoms with E-state index in [1.165, 1.54) is 13.8 Å². The summed E-state index contributed by atoms with van der Waals surface area (Å²) < 4.78 is 10.3. The Kier molecular flexibility index (Phi) is 4.59. The number of esters is 2. The Morgan fingerprint density at radius 2 is 2.00 bits per heavy atom. The minimum absolute atomic E-state index is 0.0902. The SMILES string of the molecule is CC(=O)O[C@H]1[C@@H](OC(C)=O)CC[C@@H]1c1[nH]nc(C#N)c1[N+](=O)[O-]. The summed E-state index contributed by atoms with van der Waals surface area (Å²) >= 11 is 0. The number of aromatic amines is 1. The summed E-state index contributed by atoms with van der Waals surface area (Å²) in [5.41, 5.74) is -0.701. The number of carbonyl (C=O) groups excluding carboxylic acids is 2. The maximum absolute atomic E-state index is 11.3. The second-order valence-corrected chi connectivity index (χ2v) is 5.11. The van der Waals surface area contributed by atoms with Crippen molar-refractivity contribution in [1.29, 1.82) is 5.26 Å². The fourth-order valence-corrected chi connectivity index (χ4v) is 2.80. The fourth-order valence-electron chi connectivity index (χ4n) is 2.80. The molecule has 23 heavy (non-hydrogen) atoms. The monoisotopic (exact) mass is 322 g/mol. The highest BCUT2D eigenvalue weighted by atomic mass is 16.6. The molecule has 1 saturated carbocycles. The molecule has 1 fully saturated rings. The highest BCUT2D eigenvalue weighted by molar-refractivity contribution is 5.67. The maximum atomic E-state index is 11.3. The van der Waals surface area contributed by atoms with Crippen LogP contribution in [0.2, 0.25) is 0 Å². The van der Waals surface area contributed by atoms with Crippen LogP contribution in [-0.4, -0.2) is 39.3 Å². The normalized spacial score (nSPS) is 23.1. The van der Waals surface area contributed by atoms with Crippen LogP contribution in [0.5, 0.6) is 0 Å². The number of hydrogen-bond donors (Lipinski definition) is 1. The first kappa shape index (κ1) is 16.4. The Labute approximate surface area is 130 Å². The van der Waals surface area contributed by atoms with Crippen molar-refractivity contribution in [3.8, 4) is 6.07 Å².